The van der Waals surface area contributed by atoms with Gasteiger partial charge in [0.1, 0.15) is 0 Å². The van der Waals surface area contributed by atoms with Crippen LogP contribution >= 0.6 is 0 Å². The Morgan fingerprint density at radius 3 is 2.69 bits per heavy atom. The fourth-order valence-corrected chi connectivity index (χ4v) is 1.24. The van der Waals surface area contributed by atoms with E-state index in [9.17, 15) is 9.70 Å². The van der Waals surface area contributed by atoms with Crippen LogP contribution in [0.3, 0.4) is 0 Å². The molecule has 0 aliphatic rings. The van der Waals surface area contributed by atoms with E-state index in [0.29, 0.717) is 5.39 Å². The molecule has 0 spiro atoms. The first-order valence-corrected chi connectivity index (χ1v) is 3.77. The van der Waals surface area contributed by atoms with Gasteiger partial charge in [-0.05, 0) is 17.5 Å². The van der Waals surface area contributed by atoms with Gasteiger partial charge >= 0.3 is 0 Å². The van der Waals surface area contributed by atoms with Gasteiger partial charge in [0, 0.05) is 11.6 Å². The van der Waals surface area contributed by atoms with Gasteiger partial charge in [0.2, 0.25) is 0 Å². The summed E-state index contributed by atoms with van der Waals surface area (Å²) in [4.78, 5) is 21.6. The van der Waals surface area contributed by atoms with Crippen molar-refractivity contribution in [1.29, 1.82) is 0 Å². The van der Waals surface area contributed by atoms with E-state index in [4.69, 9.17) is 0 Å². The van der Waals surface area contributed by atoms with Crippen molar-refractivity contribution in [2.45, 2.75) is 0 Å². The molecule has 4 heteroatoms. The fraction of sp³-hybridized carbons (Fsp3) is 0. The molecule has 0 saturated carbocycles. The normalized spacial score (nSPS) is 10.2. The van der Waals surface area contributed by atoms with Gasteiger partial charge in [-0.3, -0.25) is 4.79 Å². The molecule has 0 unspecified atom stereocenters. The molecule has 2 aromatic rings. The molecule has 1 aromatic carbocycles. The van der Waals surface area contributed by atoms with E-state index in [1.165, 1.54) is 6.20 Å². The van der Waals surface area contributed by atoms with Crippen LogP contribution in [0.1, 0.15) is 0 Å². The Labute approximate surface area is 73.4 Å². The lowest BCUT2D eigenvalue weighted by Gasteiger charge is -1.96. The van der Waals surface area contributed by atoms with Crippen molar-refractivity contribution in [2.75, 3.05) is 0 Å². The van der Waals surface area contributed by atoms with Gasteiger partial charge in [0.25, 0.3) is 5.56 Å². The Hall–Kier alpha value is -1.97. The highest BCUT2D eigenvalue weighted by Gasteiger charge is 2.00. The molecule has 0 atom stereocenters. The summed E-state index contributed by atoms with van der Waals surface area (Å²) < 4.78 is 0.780. The second-order valence-electron chi connectivity index (χ2n) is 2.63. The van der Waals surface area contributed by atoms with Crippen molar-refractivity contribution in [2.24, 2.45) is 5.29 Å². The summed E-state index contributed by atoms with van der Waals surface area (Å²) in [6.07, 6.45) is 1.36. The number of aromatic nitrogens is 1. The third kappa shape index (κ3) is 1.12. The number of pyridine rings is 1. The molecular weight excluding hydrogens is 168 g/mol. The van der Waals surface area contributed by atoms with Crippen LogP contribution in [-0.4, -0.2) is 4.68 Å². The van der Waals surface area contributed by atoms with Crippen molar-refractivity contribution in [1.82, 2.24) is 4.68 Å². The van der Waals surface area contributed by atoms with Crippen LogP contribution in [0.25, 0.3) is 10.8 Å². The highest BCUT2D eigenvalue weighted by molar-refractivity contribution is 5.81. The zero-order valence-electron chi connectivity index (χ0n) is 6.68. The van der Waals surface area contributed by atoms with Gasteiger partial charge in [-0.1, -0.05) is 18.2 Å². The van der Waals surface area contributed by atoms with Gasteiger partial charge in [0.15, 0.2) is 0 Å². The molecule has 4 nitrogen and oxygen atoms in total. The third-order valence-corrected chi connectivity index (χ3v) is 1.88. The van der Waals surface area contributed by atoms with E-state index < -0.39 is 0 Å². The Bertz CT molecular complexity index is 516. The fourth-order valence-electron chi connectivity index (χ4n) is 1.24. The van der Waals surface area contributed by atoms with Crippen LogP contribution in [-0.2, 0) is 0 Å². The molecule has 1 heterocycles. The SMILES string of the molecule is O=Nn1ccc2ccccc2c1=O. The molecule has 0 amide bonds. The van der Waals surface area contributed by atoms with E-state index in [2.05, 4.69) is 5.29 Å². The predicted octanol–water partition coefficient (Wildman–Crippen LogP) is 1.53. The Balaban J connectivity index is 2.95. The molecule has 0 aliphatic carbocycles. The average molecular weight is 174 g/mol. The molecule has 0 aliphatic heterocycles. The van der Waals surface area contributed by atoms with Gasteiger partial charge in [-0.25, -0.2) is 0 Å². The van der Waals surface area contributed by atoms with Crippen molar-refractivity contribution in [3.05, 3.63) is 51.8 Å². The summed E-state index contributed by atoms with van der Waals surface area (Å²) in [6, 6.07) is 8.74. The van der Waals surface area contributed by atoms with Crippen molar-refractivity contribution >= 4 is 10.8 Å². The van der Waals surface area contributed by atoms with E-state index in [-0.39, 0.29) is 5.56 Å². The van der Waals surface area contributed by atoms with Crippen LogP contribution in [0.2, 0.25) is 0 Å². The van der Waals surface area contributed by atoms with E-state index in [0.717, 1.165) is 10.1 Å². The smallest absolute Gasteiger partial charge is 0.267 e. The topological polar surface area (TPSA) is 51.4 Å². The minimum atomic E-state index is -0.381. The number of rotatable bonds is 1. The van der Waals surface area contributed by atoms with E-state index >= 15 is 0 Å². The first-order chi connectivity index (χ1) is 6.33. The number of fused-ring (bicyclic) bond motifs is 1. The molecule has 0 saturated heterocycles. The van der Waals surface area contributed by atoms with Crippen molar-refractivity contribution in [3.63, 3.8) is 0 Å². The number of nitroso groups, excluding NO2 is 1. The summed E-state index contributed by atoms with van der Waals surface area (Å²) in [6.45, 7) is 0. The number of hydrogen-bond donors (Lipinski definition) is 0. The average Bonchev–Trinajstić information content (AvgIpc) is 2.19. The second-order valence-corrected chi connectivity index (χ2v) is 2.63. The molecule has 2 rings (SSSR count). The van der Waals surface area contributed by atoms with Gasteiger partial charge in [0.05, 0.1) is 5.29 Å². The van der Waals surface area contributed by atoms with Crippen LogP contribution in [0.4, 0.5) is 0 Å². The summed E-state index contributed by atoms with van der Waals surface area (Å²) in [5.41, 5.74) is -0.381. The quantitative estimate of drug-likeness (QED) is 0.615. The Morgan fingerprint density at radius 1 is 1.15 bits per heavy atom. The van der Waals surface area contributed by atoms with Crippen LogP contribution < -0.4 is 5.56 Å². The summed E-state index contributed by atoms with van der Waals surface area (Å²) in [7, 11) is 0. The lowest BCUT2D eigenvalue weighted by atomic mass is 10.2. The molecule has 13 heavy (non-hydrogen) atoms. The molecule has 0 fully saturated rings. The zero-order chi connectivity index (χ0) is 9.26. The van der Waals surface area contributed by atoms with Gasteiger partial charge < -0.3 is 0 Å². The molecule has 0 bridgehead atoms. The largest absolute Gasteiger partial charge is 0.281 e. The molecule has 0 N–H and O–H groups in total. The maximum Gasteiger partial charge on any atom is 0.281 e. The van der Waals surface area contributed by atoms with Crippen molar-refractivity contribution in [3.8, 4) is 0 Å². The van der Waals surface area contributed by atoms with Crippen molar-refractivity contribution < 1.29 is 0 Å². The molecule has 1 aromatic heterocycles. The van der Waals surface area contributed by atoms with Gasteiger partial charge in [-0.15, -0.1) is 4.91 Å². The van der Waals surface area contributed by atoms with E-state index in [1.807, 2.05) is 12.1 Å². The summed E-state index contributed by atoms with van der Waals surface area (Å²) in [5, 5.41) is 3.89. The minimum absolute atomic E-state index is 0.381. The Kier molecular flexibility index (Phi) is 1.66. The number of benzene rings is 1. The molecule has 64 valence electrons. The highest BCUT2D eigenvalue weighted by Crippen LogP contribution is 2.07. The standard InChI is InChI=1S/C9H6N2O2/c12-9-8-4-2-1-3-7(8)5-6-11(9)10-13/h1-6H. The Morgan fingerprint density at radius 2 is 1.92 bits per heavy atom. The number of nitrogens with zero attached hydrogens (tertiary/aromatic N) is 2. The first-order valence-electron chi connectivity index (χ1n) is 3.77. The monoisotopic (exact) mass is 174 g/mol. The molecule has 0 radical (unpaired) electrons. The lowest BCUT2D eigenvalue weighted by Crippen LogP contribution is -2.14. The van der Waals surface area contributed by atoms with E-state index in [1.54, 1.807) is 18.2 Å². The highest BCUT2D eigenvalue weighted by atomic mass is 16.3. The van der Waals surface area contributed by atoms with Crippen LogP contribution in [0, 0.1) is 4.91 Å². The zero-order valence-corrected chi connectivity index (χ0v) is 6.68. The second kappa shape index (κ2) is 2.82. The first kappa shape index (κ1) is 7.67. The van der Waals surface area contributed by atoms with Crippen LogP contribution in [0.15, 0.2) is 46.6 Å². The maximum absolute atomic E-state index is 11.4. The maximum atomic E-state index is 11.4. The summed E-state index contributed by atoms with van der Waals surface area (Å²) >= 11 is 0. The molecular formula is C9H6N2O2. The minimum Gasteiger partial charge on any atom is -0.267 e. The third-order valence-electron chi connectivity index (χ3n) is 1.88. The predicted molar refractivity (Wildman–Crippen MR) is 49.4 cm³/mol. The van der Waals surface area contributed by atoms with Crippen LogP contribution in [0.5, 0.6) is 0 Å². The lowest BCUT2D eigenvalue weighted by molar-refractivity contribution is 0.828. The number of hydrogen-bond acceptors (Lipinski definition) is 3. The summed E-state index contributed by atoms with van der Waals surface area (Å²) in [5.74, 6) is 0. The van der Waals surface area contributed by atoms with Gasteiger partial charge in [-0.2, -0.15) is 4.68 Å².